The molecule has 2 amide bonds. The maximum absolute atomic E-state index is 13.0. The van der Waals surface area contributed by atoms with E-state index in [-0.39, 0.29) is 30.2 Å². The van der Waals surface area contributed by atoms with Gasteiger partial charge in [-0.05, 0) is 36.6 Å². The fourth-order valence-electron chi connectivity index (χ4n) is 4.46. The molecule has 2 unspecified atom stereocenters. The van der Waals surface area contributed by atoms with Gasteiger partial charge in [0.2, 0.25) is 0 Å². The molecule has 0 spiro atoms. The first-order valence-electron chi connectivity index (χ1n) is 10.9. The molecule has 1 aromatic heterocycles. The molecular weight excluding hydrogens is 448 g/mol. The Balaban J connectivity index is 1.47. The van der Waals surface area contributed by atoms with Crippen molar-refractivity contribution in [2.75, 3.05) is 24.7 Å². The van der Waals surface area contributed by atoms with E-state index in [0.29, 0.717) is 13.0 Å². The Labute approximate surface area is 192 Å². The number of hydrogen-bond donors (Lipinski definition) is 0. The van der Waals surface area contributed by atoms with Crippen molar-refractivity contribution in [1.82, 2.24) is 9.80 Å². The minimum absolute atomic E-state index is 0.0482. The van der Waals surface area contributed by atoms with Gasteiger partial charge in [-0.2, -0.15) is 0 Å². The van der Waals surface area contributed by atoms with Crippen molar-refractivity contribution in [2.45, 2.75) is 38.4 Å². The molecule has 176 valence electrons. The second-order valence-corrected chi connectivity index (χ2v) is 10.5. The molecule has 33 heavy (non-hydrogen) atoms. The van der Waals surface area contributed by atoms with Crippen LogP contribution in [-0.4, -0.2) is 72.7 Å². The van der Waals surface area contributed by atoms with Crippen LogP contribution in [-0.2, 0) is 37.1 Å². The molecule has 2 atom stereocenters. The summed E-state index contributed by atoms with van der Waals surface area (Å²) in [7, 11) is -3.15. The van der Waals surface area contributed by atoms with Gasteiger partial charge in [0.25, 0.3) is 11.8 Å². The maximum atomic E-state index is 13.0. The van der Waals surface area contributed by atoms with Gasteiger partial charge < -0.3 is 19.0 Å². The molecule has 9 nitrogen and oxygen atoms in total. The van der Waals surface area contributed by atoms with Gasteiger partial charge in [0.1, 0.15) is 6.04 Å². The van der Waals surface area contributed by atoms with E-state index in [9.17, 15) is 22.8 Å². The van der Waals surface area contributed by atoms with Crippen molar-refractivity contribution in [2.24, 2.45) is 0 Å². The fourth-order valence-corrected chi connectivity index (χ4v) is 6.19. The molecule has 2 aliphatic heterocycles. The first-order valence-corrected chi connectivity index (χ1v) is 12.7. The predicted molar refractivity (Wildman–Crippen MR) is 118 cm³/mol. The van der Waals surface area contributed by atoms with E-state index >= 15 is 0 Å². The van der Waals surface area contributed by atoms with E-state index in [2.05, 4.69) is 0 Å². The summed E-state index contributed by atoms with van der Waals surface area (Å²) in [6.45, 7) is 1.78. The summed E-state index contributed by atoms with van der Waals surface area (Å²) in [5.41, 5.74) is 1.86. The molecule has 2 aliphatic rings. The second-order valence-electron chi connectivity index (χ2n) is 8.24. The number of esters is 1. The highest BCUT2D eigenvalue weighted by atomic mass is 32.2. The lowest BCUT2D eigenvalue weighted by molar-refractivity contribution is -0.156. The summed E-state index contributed by atoms with van der Waals surface area (Å²) in [6.07, 6.45) is 2.02. The van der Waals surface area contributed by atoms with Crippen LogP contribution in [0.2, 0.25) is 0 Å². The van der Waals surface area contributed by atoms with E-state index in [0.717, 1.165) is 11.1 Å². The Morgan fingerprint density at radius 1 is 1.15 bits per heavy atom. The first-order chi connectivity index (χ1) is 15.8. The molecule has 1 fully saturated rings. The summed E-state index contributed by atoms with van der Waals surface area (Å²) in [4.78, 5) is 41.6. The molecule has 0 N–H and O–H groups in total. The highest BCUT2D eigenvalue weighted by Crippen LogP contribution is 2.26. The van der Waals surface area contributed by atoms with Gasteiger partial charge >= 0.3 is 5.97 Å². The number of carbonyl (C=O) groups excluding carboxylic acids is 3. The van der Waals surface area contributed by atoms with E-state index in [4.69, 9.17) is 9.15 Å². The Morgan fingerprint density at radius 3 is 2.55 bits per heavy atom. The quantitative estimate of drug-likeness (QED) is 0.582. The zero-order chi connectivity index (χ0) is 23.6. The Morgan fingerprint density at radius 2 is 1.91 bits per heavy atom. The van der Waals surface area contributed by atoms with Crippen LogP contribution in [0, 0.1) is 0 Å². The van der Waals surface area contributed by atoms with Gasteiger partial charge in [0, 0.05) is 25.6 Å². The third-order valence-corrected chi connectivity index (χ3v) is 7.91. The van der Waals surface area contributed by atoms with Crippen LogP contribution < -0.4 is 0 Å². The number of rotatable bonds is 6. The smallest absolute Gasteiger partial charge is 0.329 e. The Hall–Kier alpha value is -3.14. The van der Waals surface area contributed by atoms with E-state index in [1.54, 1.807) is 13.0 Å². The standard InChI is InChI=1S/C23H26N2O7S/c1-2-24(18-9-11-33(29,30)15-18)21(26)14-32-23(28)19-12-16-6-3-4-7-17(16)13-25(19)22(27)20-8-5-10-31-20/h3-8,10,18-19H,2,9,11-15H2,1H3. The minimum Gasteiger partial charge on any atom is -0.459 e. The van der Waals surface area contributed by atoms with Crippen LogP contribution in [0.5, 0.6) is 0 Å². The minimum atomic E-state index is -3.15. The molecule has 10 heteroatoms. The van der Waals surface area contributed by atoms with Crippen LogP contribution in [0.3, 0.4) is 0 Å². The van der Waals surface area contributed by atoms with Crippen LogP contribution in [0.15, 0.2) is 47.1 Å². The van der Waals surface area contributed by atoms with Crippen molar-refractivity contribution in [3.8, 4) is 0 Å². The third-order valence-electron chi connectivity index (χ3n) is 6.16. The number of benzene rings is 1. The predicted octanol–water partition coefficient (Wildman–Crippen LogP) is 1.43. The molecule has 0 radical (unpaired) electrons. The fraction of sp³-hybridized carbons (Fsp3) is 0.435. The molecule has 4 rings (SSSR count). The van der Waals surface area contributed by atoms with E-state index < -0.39 is 46.3 Å². The average Bonchev–Trinajstić information content (AvgIpc) is 3.46. The topological polar surface area (TPSA) is 114 Å². The number of amides is 2. The van der Waals surface area contributed by atoms with Crippen molar-refractivity contribution >= 4 is 27.6 Å². The average molecular weight is 475 g/mol. The van der Waals surface area contributed by atoms with Crippen LogP contribution in [0.4, 0.5) is 0 Å². The molecule has 2 aromatic rings. The lowest BCUT2D eigenvalue weighted by Gasteiger charge is -2.35. The van der Waals surface area contributed by atoms with Gasteiger partial charge in [-0.1, -0.05) is 24.3 Å². The molecule has 0 bridgehead atoms. The zero-order valence-corrected chi connectivity index (χ0v) is 19.1. The van der Waals surface area contributed by atoms with Gasteiger partial charge in [0.15, 0.2) is 22.2 Å². The summed E-state index contributed by atoms with van der Waals surface area (Å²) >= 11 is 0. The Bertz CT molecular complexity index is 1140. The lowest BCUT2D eigenvalue weighted by atomic mass is 9.93. The maximum Gasteiger partial charge on any atom is 0.329 e. The molecule has 0 saturated carbocycles. The van der Waals surface area contributed by atoms with Crippen LogP contribution >= 0.6 is 0 Å². The number of likely N-dealkylation sites (N-methyl/N-ethyl adjacent to an activating group) is 1. The van der Waals surface area contributed by atoms with Crippen LogP contribution in [0.25, 0.3) is 0 Å². The summed E-state index contributed by atoms with van der Waals surface area (Å²) in [5, 5.41) is 0. The second kappa shape index (κ2) is 9.38. The van der Waals surface area contributed by atoms with Gasteiger partial charge in [-0.25, -0.2) is 13.2 Å². The number of carbonyl (C=O) groups is 3. The SMILES string of the molecule is CCN(C(=O)COC(=O)C1Cc2ccccc2CN1C(=O)c1ccco1)C1CCS(=O)(=O)C1. The van der Waals surface area contributed by atoms with Crippen molar-refractivity contribution in [1.29, 1.82) is 0 Å². The number of furan rings is 1. The summed E-state index contributed by atoms with van der Waals surface area (Å²) in [6, 6.07) is 9.34. The van der Waals surface area contributed by atoms with Gasteiger partial charge in [-0.3, -0.25) is 9.59 Å². The monoisotopic (exact) mass is 474 g/mol. The summed E-state index contributed by atoms with van der Waals surface area (Å²) in [5.74, 6) is -1.49. The number of nitrogens with zero attached hydrogens (tertiary/aromatic N) is 2. The molecule has 0 aliphatic carbocycles. The number of fused-ring (bicyclic) bond motifs is 1. The number of hydrogen-bond acceptors (Lipinski definition) is 7. The molecular formula is C23H26N2O7S. The third kappa shape index (κ3) is 4.95. The highest BCUT2D eigenvalue weighted by molar-refractivity contribution is 7.91. The van der Waals surface area contributed by atoms with E-state index in [1.165, 1.54) is 22.1 Å². The van der Waals surface area contributed by atoms with Gasteiger partial charge in [-0.15, -0.1) is 0 Å². The first kappa shape index (κ1) is 23.0. The lowest BCUT2D eigenvalue weighted by Crippen LogP contribution is -2.50. The summed E-state index contributed by atoms with van der Waals surface area (Å²) < 4.78 is 34.1. The largest absolute Gasteiger partial charge is 0.459 e. The van der Waals surface area contributed by atoms with Crippen molar-refractivity contribution in [3.05, 3.63) is 59.5 Å². The van der Waals surface area contributed by atoms with Gasteiger partial charge in [0.05, 0.1) is 17.8 Å². The van der Waals surface area contributed by atoms with Crippen molar-refractivity contribution in [3.63, 3.8) is 0 Å². The molecule has 3 heterocycles. The highest BCUT2D eigenvalue weighted by Gasteiger charge is 2.38. The van der Waals surface area contributed by atoms with Crippen LogP contribution in [0.1, 0.15) is 35.0 Å². The number of ether oxygens (including phenoxy) is 1. The van der Waals surface area contributed by atoms with E-state index in [1.807, 2.05) is 24.3 Å². The zero-order valence-electron chi connectivity index (χ0n) is 18.3. The Kier molecular flexibility index (Phi) is 6.55. The number of sulfone groups is 1. The molecule has 1 saturated heterocycles. The van der Waals surface area contributed by atoms with Crippen molar-refractivity contribution < 1.29 is 32.0 Å². The normalized spacial score (nSPS) is 21.3. The molecule has 1 aromatic carbocycles.